The maximum Gasteiger partial charge on any atom is 0.387 e. The number of aromatic nitrogens is 1. The van der Waals surface area contributed by atoms with E-state index in [1.165, 1.54) is 18.3 Å². The summed E-state index contributed by atoms with van der Waals surface area (Å²) < 4.78 is 0. The van der Waals surface area contributed by atoms with Crippen LogP contribution in [0.1, 0.15) is 0 Å². The summed E-state index contributed by atoms with van der Waals surface area (Å²) in [6.07, 6.45) is 1.65. The molecule has 1 rings (SSSR count). The summed E-state index contributed by atoms with van der Waals surface area (Å²) in [6, 6.07) is 2.90. The average molecular weight is 167 g/mol. The SMILES string of the molecule is O=CNc1cccnc1[N+](=O)[O-]. The van der Waals surface area contributed by atoms with Gasteiger partial charge in [-0.1, -0.05) is 0 Å². The molecule has 0 aliphatic carbocycles. The van der Waals surface area contributed by atoms with Crippen LogP contribution in [0.2, 0.25) is 0 Å². The van der Waals surface area contributed by atoms with Crippen molar-refractivity contribution in [1.29, 1.82) is 0 Å². The summed E-state index contributed by atoms with van der Waals surface area (Å²) in [7, 11) is 0. The minimum Gasteiger partial charge on any atom is -0.358 e. The van der Waals surface area contributed by atoms with Gasteiger partial charge < -0.3 is 15.4 Å². The molecular formula is C6H5N3O3. The van der Waals surface area contributed by atoms with E-state index in [9.17, 15) is 14.9 Å². The standard InChI is InChI=1S/C6H5N3O3/c10-4-8-5-2-1-3-7-6(5)9(11)12/h1-4H,(H,8,10). The fraction of sp³-hybridized carbons (Fsp3) is 0. The number of nitro groups is 1. The Balaban J connectivity index is 3.07. The molecule has 0 unspecified atom stereocenters. The van der Waals surface area contributed by atoms with Crippen LogP contribution in [0.4, 0.5) is 11.5 Å². The van der Waals surface area contributed by atoms with Gasteiger partial charge in [0.15, 0.2) is 0 Å². The van der Waals surface area contributed by atoms with Crippen molar-refractivity contribution in [3.8, 4) is 0 Å². The lowest BCUT2D eigenvalue weighted by atomic mass is 10.4. The molecule has 0 atom stereocenters. The van der Waals surface area contributed by atoms with E-state index < -0.39 is 4.92 Å². The molecule has 0 saturated heterocycles. The van der Waals surface area contributed by atoms with Crippen LogP contribution in [0.3, 0.4) is 0 Å². The van der Waals surface area contributed by atoms with Gasteiger partial charge in [0.1, 0.15) is 11.9 Å². The molecule has 1 aromatic heterocycles. The third-order valence-electron chi connectivity index (χ3n) is 1.17. The normalized spacial score (nSPS) is 9.00. The van der Waals surface area contributed by atoms with Gasteiger partial charge in [0, 0.05) is 0 Å². The smallest absolute Gasteiger partial charge is 0.358 e. The number of hydrogen-bond acceptors (Lipinski definition) is 4. The number of rotatable bonds is 3. The Morgan fingerprint density at radius 1 is 1.67 bits per heavy atom. The van der Waals surface area contributed by atoms with Gasteiger partial charge in [-0.3, -0.25) is 4.79 Å². The number of nitrogens with one attached hydrogen (secondary N) is 1. The van der Waals surface area contributed by atoms with Crippen molar-refractivity contribution in [2.24, 2.45) is 0 Å². The fourth-order valence-electron chi connectivity index (χ4n) is 0.719. The number of carbonyl (C=O) groups is 1. The zero-order valence-electron chi connectivity index (χ0n) is 5.93. The topological polar surface area (TPSA) is 85.1 Å². The lowest BCUT2D eigenvalue weighted by Crippen LogP contribution is -2.00. The maximum absolute atomic E-state index is 10.3. The predicted molar refractivity (Wildman–Crippen MR) is 40.6 cm³/mol. The van der Waals surface area contributed by atoms with Crippen molar-refractivity contribution >= 4 is 17.9 Å². The molecule has 0 radical (unpaired) electrons. The molecule has 0 spiro atoms. The molecule has 0 bridgehead atoms. The quantitative estimate of drug-likeness (QED) is 0.405. The molecule has 62 valence electrons. The molecule has 6 heteroatoms. The lowest BCUT2D eigenvalue weighted by Gasteiger charge is -1.97. The van der Waals surface area contributed by atoms with Crippen LogP contribution in [0.25, 0.3) is 0 Å². The molecule has 12 heavy (non-hydrogen) atoms. The highest BCUT2D eigenvalue weighted by molar-refractivity contribution is 5.75. The highest BCUT2D eigenvalue weighted by atomic mass is 16.6. The molecule has 1 amide bonds. The van der Waals surface area contributed by atoms with Crippen molar-refractivity contribution < 1.29 is 9.72 Å². The lowest BCUT2D eigenvalue weighted by molar-refractivity contribution is -0.388. The van der Waals surface area contributed by atoms with Crippen molar-refractivity contribution in [3.05, 3.63) is 28.4 Å². The van der Waals surface area contributed by atoms with Gasteiger partial charge in [-0.25, -0.2) is 0 Å². The van der Waals surface area contributed by atoms with Crippen molar-refractivity contribution in [2.45, 2.75) is 0 Å². The molecule has 1 heterocycles. The van der Waals surface area contributed by atoms with E-state index in [4.69, 9.17) is 0 Å². The van der Waals surface area contributed by atoms with Crippen LogP contribution in [-0.4, -0.2) is 16.3 Å². The minimum absolute atomic E-state index is 0.0949. The van der Waals surface area contributed by atoms with Gasteiger partial charge in [-0.15, -0.1) is 0 Å². The van der Waals surface area contributed by atoms with E-state index in [2.05, 4.69) is 10.3 Å². The number of hydrogen-bond donors (Lipinski definition) is 1. The first-order chi connectivity index (χ1) is 5.75. The summed E-state index contributed by atoms with van der Waals surface area (Å²) in [6.45, 7) is 0. The Labute approximate surface area is 67.4 Å². The van der Waals surface area contributed by atoms with Crippen LogP contribution in [0, 0.1) is 10.1 Å². The average Bonchev–Trinajstić information content (AvgIpc) is 2.05. The number of carbonyl (C=O) groups excluding carboxylic acids is 1. The molecule has 1 aromatic rings. The van der Waals surface area contributed by atoms with E-state index in [0.29, 0.717) is 6.41 Å². The monoisotopic (exact) mass is 167 g/mol. The van der Waals surface area contributed by atoms with Crippen LogP contribution in [0.15, 0.2) is 18.3 Å². The molecule has 0 aliphatic heterocycles. The second kappa shape index (κ2) is 3.42. The zero-order chi connectivity index (χ0) is 8.97. The van der Waals surface area contributed by atoms with E-state index in [-0.39, 0.29) is 11.5 Å². The molecule has 0 aromatic carbocycles. The van der Waals surface area contributed by atoms with Gasteiger partial charge in [-0.05, 0) is 22.0 Å². The Kier molecular flexibility index (Phi) is 2.32. The number of pyridine rings is 1. The molecule has 0 saturated carbocycles. The first kappa shape index (κ1) is 8.12. The Hall–Kier alpha value is -1.98. The van der Waals surface area contributed by atoms with Crippen molar-refractivity contribution in [3.63, 3.8) is 0 Å². The number of amides is 1. The van der Waals surface area contributed by atoms with Gasteiger partial charge in [0.2, 0.25) is 6.41 Å². The number of nitrogens with zero attached hydrogens (tertiary/aromatic N) is 2. The Morgan fingerprint density at radius 3 is 3.00 bits per heavy atom. The number of anilines is 1. The third kappa shape index (κ3) is 1.54. The van der Waals surface area contributed by atoms with E-state index in [0.717, 1.165) is 0 Å². The highest BCUT2D eigenvalue weighted by Gasteiger charge is 2.12. The van der Waals surface area contributed by atoms with Gasteiger partial charge in [0.05, 0.1) is 0 Å². The second-order valence-corrected chi connectivity index (χ2v) is 1.89. The second-order valence-electron chi connectivity index (χ2n) is 1.89. The van der Waals surface area contributed by atoms with Gasteiger partial charge in [-0.2, -0.15) is 0 Å². The summed E-state index contributed by atoms with van der Waals surface area (Å²) in [5.41, 5.74) is 0.0949. The Morgan fingerprint density at radius 2 is 2.42 bits per heavy atom. The van der Waals surface area contributed by atoms with Gasteiger partial charge in [0.25, 0.3) is 0 Å². The van der Waals surface area contributed by atoms with Gasteiger partial charge >= 0.3 is 5.82 Å². The van der Waals surface area contributed by atoms with Crippen LogP contribution in [-0.2, 0) is 4.79 Å². The first-order valence-corrected chi connectivity index (χ1v) is 3.05. The summed E-state index contributed by atoms with van der Waals surface area (Å²) in [5.74, 6) is -0.357. The fourth-order valence-corrected chi connectivity index (χ4v) is 0.719. The largest absolute Gasteiger partial charge is 0.387 e. The van der Waals surface area contributed by atoms with Crippen LogP contribution >= 0.6 is 0 Å². The van der Waals surface area contributed by atoms with Crippen molar-refractivity contribution in [2.75, 3.05) is 5.32 Å². The summed E-state index contributed by atoms with van der Waals surface area (Å²) in [4.78, 5) is 23.1. The summed E-state index contributed by atoms with van der Waals surface area (Å²) in [5, 5.41) is 12.5. The van der Waals surface area contributed by atoms with E-state index in [1.54, 1.807) is 0 Å². The Bertz CT molecular complexity index is 313. The molecule has 6 nitrogen and oxygen atoms in total. The first-order valence-electron chi connectivity index (χ1n) is 3.05. The summed E-state index contributed by atoms with van der Waals surface area (Å²) >= 11 is 0. The minimum atomic E-state index is -0.661. The molecular weight excluding hydrogens is 162 g/mol. The predicted octanol–water partition coefficient (Wildman–Crippen LogP) is 0.558. The molecule has 0 aliphatic rings. The van der Waals surface area contributed by atoms with E-state index >= 15 is 0 Å². The third-order valence-corrected chi connectivity index (χ3v) is 1.17. The van der Waals surface area contributed by atoms with Crippen LogP contribution in [0.5, 0.6) is 0 Å². The van der Waals surface area contributed by atoms with E-state index in [1.807, 2.05) is 0 Å². The van der Waals surface area contributed by atoms with Crippen molar-refractivity contribution in [1.82, 2.24) is 4.98 Å². The molecule has 0 fully saturated rings. The highest BCUT2D eigenvalue weighted by Crippen LogP contribution is 2.18. The zero-order valence-corrected chi connectivity index (χ0v) is 5.93. The van der Waals surface area contributed by atoms with Crippen LogP contribution < -0.4 is 5.32 Å². The molecule has 1 N–H and O–H groups in total. The maximum atomic E-state index is 10.3.